The summed E-state index contributed by atoms with van der Waals surface area (Å²) in [5.74, 6) is 0.000546. The Kier molecular flexibility index (Phi) is 5.30. The number of carbonyl (C=O) groups excluding carboxylic acids is 1. The Morgan fingerprint density at radius 2 is 2.13 bits per heavy atom. The highest BCUT2D eigenvalue weighted by Gasteiger charge is 2.38. The highest BCUT2D eigenvalue weighted by atomic mass is 35.5. The summed E-state index contributed by atoms with van der Waals surface area (Å²) >= 11 is 0. The number of hydrogen-bond donors (Lipinski definition) is 2. The van der Waals surface area contributed by atoms with Crippen molar-refractivity contribution in [3.8, 4) is 0 Å². The average molecular weight is 457 g/mol. The molecule has 31 heavy (non-hydrogen) atoms. The summed E-state index contributed by atoms with van der Waals surface area (Å²) in [5.41, 5.74) is -1.18. The zero-order valence-electron chi connectivity index (χ0n) is 16.4. The van der Waals surface area contributed by atoms with Crippen LogP contribution in [0.25, 0.3) is 5.65 Å². The van der Waals surface area contributed by atoms with Gasteiger partial charge in [0, 0.05) is 44.6 Å². The van der Waals surface area contributed by atoms with Crippen LogP contribution in [-0.2, 0) is 13.2 Å². The number of halogens is 4. The molecule has 3 aliphatic heterocycles. The van der Waals surface area contributed by atoms with E-state index in [1.54, 1.807) is 6.20 Å². The van der Waals surface area contributed by atoms with Gasteiger partial charge in [0.25, 0.3) is 5.91 Å². The van der Waals surface area contributed by atoms with Crippen LogP contribution >= 0.6 is 12.4 Å². The Morgan fingerprint density at radius 1 is 1.32 bits per heavy atom. The fourth-order valence-corrected chi connectivity index (χ4v) is 4.15. The maximum Gasteiger partial charge on any atom is 0.437 e. The summed E-state index contributed by atoms with van der Waals surface area (Å²) in [5, 5.41) is 13.3. The largest absolute Gasteiger partial charge is 0.437 e. The van der Waals surface area contributed by atoms with Crippen LogP contribution in [0.4, 0.5) is 24.7 Å². The number of amides is 1. The van der Waals surface area contributed by atoms with Gasteiger partial charge in [0.15, 0.2) is 11.3 Å². The van der Waals surface area contributed by atoms with E-state index in [2.05, 4.69) is 30.7 Å². The predicted octanol–water partition coefficient (Wildman–Crippen LogP) is 2.10. The zero-order chi connectivity index (χ0) is 21.0. The maximum absolute atomic E-state index is 13.2. The molecule has 1 amide bonds. The molecule has 3 aromatic heterocycles. The molecule has 0 aromatic carbocycles. The molecule has 166 valence electrons. The molecular weight excluding hydrogens is 437 g/mol. The SMILES string of the molecule is Cl.Cn1cc(NC(=O)c2cnn3ccc(N4CC5CCC4CN5)nc23)c(C(F)(F)F)n1. The maximum atomic E-state index is 13.2. The molecule has 0 saturated carbocycles. The fraction of sp³-hybridized carbons (Fsp3) is 0.444. The lowest BCUT2D eigenvalue weighted by molar-refractivity contribution is -0.140. The van der Waals surface area contributed by atoms with Gasteiger partial charge in [-0.25, -0.2) is 9.50 Å². The molecule has 6 heterocycles. The summed E-state index contributed by atoms with van der Waals surface area (Å²) < 4.78 is 42.0. The molecule has 2 unspecified atom stereocenters. The second kappa shape index (κ2) is 7.68. The monoisotopic (exact) mass is 456 g/mol. The quantitative estimate of drug-likeness (QED) is 0.627. The number of nitrogens with one attached hydrogen (secondary N) is 2. The van der Waals surface area contributed by atoms with Crippen LogP contribution in [0.5, 0.6) is 0 Å². The van der Waals surface area contributed by atoms with Crippen molar-refractivity contribution in [1.29, 1.82) is 0 Å². The number of rotatable bonds is 3. The molecule has 6 rings (SSSR count). The minimum absolute atomic E-state index is 0. The van der Waals surface area contributed by atoms with Crippen molar-refractivity contribution in [2.24, 2.45) is 7.05 Å². The molecule has 0 spiro atoms. The molecule has 2 N–H and O–H groups in total. The highest BCUT2D eigenvalue weighted by Crippen LogP contribution is 2.34. The minimum Gasteiger partial charge on any atom is -0.351 e. The second-order valence-electron chi connectivity index (χ2n) is 7.62. The van der Waals surface area contributed by atoms with E-state index in [0.717, 1.165) is 42.6 Å². The van der Waals surface area contributed by atoms with Crippen molar-refractivity contribution in [1.82, 2.24) is 29.7 Å². The Bertz CT molecular complexity index is 1120. The molecule has 3 fully saturated rings. The minimum atomic E-state index is -4.68. The van der Waals surface area contributed by atoms with Crippen molar-refractivity contribution < 1.29 is 18.0 Å². The van der Waals surface area contributed by atoms with Gasteiger partial charge in [-0.15, -0.1) is 12.4 Å². The number of fused-ring (bicyclic) bond motifs is 4. The Hall–Kier alpha value is -2.86. The molecule has 0 radical (unpaired) electrons. The molecule has 0 aliphatic carbocycles. The number of aryl methyl sites for hydroxylation is 1. The van der Waals surface area contributed by atoms with Crippen molar-refractivity contribution in [3.63, 3.8) is 0 Å². The van der Waals surface area contributed by atoms with Gasteiger partial charge >= 0.3 is 6.18 Å². The summed E-state index contributed by atoms with van der Waals surface area (Å²) in [4.78, 5) is 19.6. The van der Waals surface area contributed by atoms with E-state index in [1.165, 1.54) is 17.8 Å². The third-order valence-electron chi connectivity index (χ3n) is 5.59. The van der Waals surface area contributed by atoms with Gasteiger partial charge in [-0.05, 0) is 18.9 Å². The van der Waals surface area contributed by atoms with Crippen molar-refractivity contribution in [3.05, 3.63) is 35.9 Å². The normalized spacial score (nSPS) is 20.7. The van der Waals surface area contributed by atoms with E-state index in [9.17, 15) is 18.0 Å². The molecule has 3 aliphatic rings. The summed E-state index contributed by atoms with van der Waals surface area (Å²) in [6.45, 7) is 1.71. The topological polar surface area (TPSA) is 92.4 Å². The van der Waals surface area contributed by atoms with Gasteiger partial charge in [-0.3, -0.25) is 9.48 Å². The van der Waals surface area contributed by atoms with E-state index in [0.29, 0.717) is 12.1 Å². The van der Waals surface area contributed by atoms with E-state index in [1.807, 2.05) is 6.07 Å². The first-order valence-corrected chi connectivity index (χ1v) is 9.56. The van der Waals surface area contributed by atoms with Crippen LogP contribution in [0.3, 0.4) is 0 Å². The van der Waals surface area contributed by atoms with E-state index in [4.69, 9.17) is 0 Å². The van der Waals surface area contributed by atoms with Crippen LogP contribution in [-0.4, -0.2) is 55.5 Å². The third-order valence-corrected chi connectivity index (χ3v) is 5.59. The number of aromatic nitrogens is 5. The molecular formula is C18H20ClF3N8O. The van der Waals surface area contributed by atoms with Gasteiger partial charge in [-0.1, -0.05) is 0 Å². The summed E-state index contributed by atoms with van der Waals surface area (Å²) in [7, 11) is 1.36. The molecule has 2 atom stereocenters. The average Bonchev–Trinajstić information content (AvgIpc) is 3.31. The van der Waals surface area contributed by atoms with Gasteiger partial charge in [0.2, 0.25) is 0 Å². The zero-order valence-corrected chi connectivity index (χ0v) is 17.2. The highest BCUT2D eigenvalue weighted by molar-refractivity contribution is 6.08. The molecule has 13 heteroatoms. The number of anilines is 2. The van der Waals surface area contributed by atoms with Gasteiger partial charge in [0.05, 0.1) is 11.9 Å². The Labute approximate surface area is 181 Å². The van der Waals surface area contributed by atoms with Gasteiger partial charge in [-0.2, -0.15) is 23.4 Å². The molecule has 3 aromatic rings. The van der Waals surface area contributed by atoms with Gasteiger partial charge < -0.3 is 15.5 Å². The number of hydrogen-bond acceptors (Lipinski definition) is 6. The lowest BCUT2D eigenvalue weighted by Gasteiger charge is -2.46. The number of piperazine rings is 1. The molecule has 2 bridgehead atoms. The van der Waals surface area contributed by atoms with Gasteiger partial charge in [0.1, 0.15) is 11.4 Å². The first-order valence-electron chi connectivity index (χ1n) is 9.56. The van der Waals surface area contributed by atoms with Crippen molar-refractivity contribution >= 4 is 35.5 Å². The molecule has 9 nitrogen and oxygen atoms in total. The Morgan fingerprint density at radius 3 is 2.77 bits per heavy atom. The number of alkyl halides is 3. The van der Waals surface area contributed by atoms with Crippen molar-refractivity contribution in [2.75, 3.05) is 23.3 Å². The number of nitrogens with zero attached hydrogens (tertiary/aromatic N) is 6. The van der Waals surface area contributed by atoms with E-state index >= 15 is 0 Å². The number of carbonyl (C=O) groups is 1. The smallest absolute Gasteiger partial charge is 0.351 e. The summed E-state index contributed by atoms with van der Waals surface area (Å²) in [6.07, 6.45) is 1.62. The van der Waals surface area contributed by atoms with Crippen LogP contribution in [0.1, 0.15) is 28.9 Å². The van der Waals surface area contributed by atoms with Crippen LogP contribution < -0.4 is 15.5 Å². The lowest BCUT2D eigenvalue weighted by atomic mass is 9.93. The van der Waals surface area contributed by atoms with Crippen LogP contribution in [0, 0.1) is 0 Å². The van der Waals surface area contributed by atoms with Crippen LogP contribution in [0.15, 0.2) is 24.7 Å². The van der Waals surface area contributed by atoms with E-state index in [-0.39, 0.29) is 23.6 Å². The standard InChI is InChI=1S/C18H19F3N8O.ClH/c1-27-9-13(15(26-27)18(19,20)21)24-17(30)12-7-23-29-5-4-14(25-16(12)29)28-8-10-2-3-11(28)6-22-10;/h4-5,7,9-11,22H,2-3,6,8H2,1H3,(H,24,30);1H. The first kappa shape index (κ1) is 21.4. The predicted molar refractivity (Wildman–Crippen MR) is 109 cm³/mol. The summed E-state index contributed by atoms with van der Waals surface area (Å²) in [6, 6.07) is 2.58. The third kappa shape index (κ3) is 3.81. The lowest BCUT2D eigenvalue weighted by Crippen LogP contribution is -2.61. The number of piperidine rings is 2. The second-order valence-corrected chi connectivity index (χ2v) is 7.62. The van der Waals surface area contributed by atoms with Crippen molar-refractivity contribution in [2.45, 2.75) is 31.1 Å². The van der Waals surface area contributed by atoms with Crippen LogP contribution in [0.2, 0.25) is 0 Å². The van der Waals surface area contributed by atoms with E-state index < -0.39 is 23.5 Å². The molecule has 3 saturated heterocycles. The first-order chi connectivity index (χ1) is 14.3. The fourth-order valence-electron chi connectivity index (χ4n) is 4.15. The Balaban J connectivity index is 0.00000231.